The Labute approximate surface area is 196 Å². The van der Waals surface area contributed by atoms with Gasteiger partial charge in [0.15, 0.2) is 6.29 Å². The number of rotatable bonds is 11. The van der Waals surface area contributed by atoms with Gasteiger partial charge >= 0.3 is 0 Å². The van der Waals surface area contributed by atoms with E-state index in [1.54, 1.807) is 0 Å². The molecule has 0 bridgehead atoms. The van der Waals surface area contributed by atoms with Crippen molar-refractivity contribution in [2.75, 3.05) is 31.3 Å². The monoisotopic (exact) mass is 466 g/mol. The van der Waals surface area contributed by atoms with Crippen molar-refractivity contribution >= 4 is 23.5 Å². The van der Waals surface area contributed by atoms with E-state index in [-0.39, 0.29) is 28.5 Å². The van der Waals surface area contributed by atoms with Crippen molar-refractivity contribution < 1.29 is 18.9 Å². The van der Waals surface area contributed by atoms with Gasteiger partial charge in [0.2, 0.25) is 0 Å². The molecule has 4 nitrogen and oxygen atoms in total. The number of unbranched alkanes of at least 4 members (excludes halogenated alkanes) is 4. The van der Waals surface area contributed by atoms with Crippen LogP contribution in [0.2, 0.25) is 0 Å². The molecule has 1 spiro atoms. The second kappa shape index (κ2) is 12.3. The summed E-state index contributed by atoms with van der Waals surface area (Å²) in [6.45, 7) is 5.26. The van der Waals surface area contributed by atoms with Crippen molar-refractivity contribution in [3.8, 4) is 0 Å². The van der Waals surface area contributed by atoms with E-state index < -0.39 is 0 Å². The molecule has 0 unspecified atom stereocenters. The van der Waals surface area contributed by atoms with Gasteiger partial charge in [0.05, 0.1) is 42.0 Å². The Morgan fingerprint density at radius 2 is 1.71 bits per heavy atom. The molecule has 3 aliphatic rings. The molecule has 3 fully saturated rings. The lowest BCUT2D eigenvalue weighted by molar-refractivity contribution is -0.226. The first-order valence-corrected chi connectivity index (χ1v) is 14.1. The first-order valence-electron chi connectivity index (χ1n) is 12.1. The Kier molecular flexibility index (Phi) is 9.47. The lowest BCUT2D eigenvalue weighted by Gasteiger charge is -2.39. The third-order valence-electron chi connectivity index (χ3n) is 6.50. The van der Waals surface area contributed by atoms with E-state index in [0.717, 1.165) is 39.1 Å². The van der Waals surface area contributed by atoms with Gasteiger partial charge in [-0.3, -0.25) is 0 Å². The molecule has 3 atom stereocenters. The summed E-state index contributed by atoms with van der Waals surface area (Å²) >= 11 is 4.15. The third kappa shape index (κ3) is 6.21. The van der Waals surface area contributed by atoms with E-state index in [0.29, 0.717) is 6.61 Å². The van der Waals surface area contributed by atoms with E-state index in [9.17, 15) is 0 Å². The van der Waals surface area contributed by atoms with Gasteiger partial charge < -0.3 is 18.9 Å². The van der Waals surface area contributed by atoms with Crippen LogP contribution >= 0.6 is 23.5 Å². The van der Waals surface area contributed by atoms with Gasteiger partial charge in [-0.1, -0.05) is 62.9 Å². The average Bonchev–Trinajstić information content (AvgIpc) is 3.40. The fraction of sp³-hybridized carbons (Fsp3) is 0.760. The number of thioether (sulfide) groups is 2. The molecule has 0 radical (unpaired) electrons. The van der Waals surface area contributed by atoms with Gasteiger partial charge in [-0.05, 0) is 18.4 Å². The third-order valence-corrected chi connectivity index (χ3v) is 10.1. The van der Waals surface area contributed by atoms with Crippen LogP contribution in [0.1, 0.15) is 57.4 Å². The summed E-state index contributed by atoms with van der Waals surface area (Å²) in [5.41, 5.74) is 1.22. The largest absolute Gasteiger partial charge is 0.375 e. The van der Waals surface area contributed by atoms with Gasteiger partial charge in [0, 0.05) is 24.5 Å². The molecule has 2 saturated heterocycles. The van der Waals surface area contributed by atoms with E-state index >= 15 is 0 Å². The van der Waals surface area contributed by atoms with Crippen LogP contribution in [0.3, 0.4) is 0 Å². The van der Waals surface area contributed by atoms with Crippen LogP contribution in [-0.2, 0) is 25.6 Å². The predicted molar refractivity (Wildman–Crippen MR) is 130 cm³/mol. The molecule has 0 aromatic heterocycles. The normalized spacial score (nSPS) is 28.5. The minimum absolute atomic E-state index is 0.0242. The van der Waals surface area contributed by atoms with Crippen molar-refractivity contribution in [3.05, 3.63) is 35.9 Å². The first kappa shape index (κ1) is 23.9. The SMILES string of the molecule is CCCCCCCO[C@@H]1[C@@H](C2OCCCO2)C2(C[C@H]1OCc1ccccc1)SCCS2. The first-order chi connectivity index (χ1) is 15.3. The van der Waals surface area contributed by atoms with Crippen LogP contribution in [0.5, 0.6) is 0 Å². The maximum atomic E-state index is 6.63. The zero-order chi connectivity index (χ0) is 21.4. The summed E-state index contributed by atoms with van der Waals surface area (Å²) in [6.07, 6.45) is 8.15. The standard InChI is InChI=1S/C25H38O4S2/c1-2-3-4-5-9-13-26-23-21(29-19-20-11-7-6-8-12-20)18-25(30-16-17-31-25)22(23)24-27-14-10-15-28-24/h6-8,11-12,21-24H,2-5,9-10,13-19H2,1H3/t21-,22+,23+/m1/s1. The van der Waals surface area contributed by atoms with Crippen molar-refractivity contribution in [2.45, 2.75) is 81.1 Å². The summed E-state index contributed by atoms with van der Waals surface area (Å²) in [6, 6.07) is 10.5. The van der Waals surface area contributed by atoms with E-state index in [1.807, 2.05) is 0 Å². The molecule has 1 aromatic rings. The lowest BCUT2D eigenvalue weighted by Crippen LogP contribution is -2.46. The molecule has 174 valence electrons. The van der Waals surface area contributed by atoms with Crippen LogP contribution in [0.15, 0.2) is 30.3 Å². The number of hydrogen-bond donors (Lipinski definition) is 0. The van der Waals surface area contributed by atoms with Crippen molar-refractivity contribution in [3.63, 3.8) is 0 Å². The molecule has 1 saturated carbocycles. The summed E-state index contributed by atoms with van der Waals surface area (Å²) in [5, 5.41) is 0. The Hall–Kier alpha value is -0.240. The molecular weight excluding hydrogens is 428 g/mol. The number of benzene rings is 1. The quantitative estimate of drug-likeness (QED) is 0.379. The highest BCUT2D eigenvalue weighted by molar-refractivity contribution is 8.21. The molecule has 4 rings (SSSR count). The van der Waals surface area contributed by atoms with Crippen LogP contribution in [0.4, 0.5) is 0 Å². The molecule has 0 N–H and O–H groups in total. The smallest absolute Gasteiger partial charge is 0.165 e. The Balaban J connectivity index is 1.45. The van der Waals surface area contributed by atoms with Crippen LogP contribution in [0, 0.1) is 5.92 Å². The molecule has 2 heterocycles. The van der Waals surface area contributed by atoms with E-state index in [4.69, 9.17) is 18.9 Å². The van der Waals surface area contributed by atoms with Gasteiger partial charge in [0.25, 0.3) is 0 Å². The van der Waals surface area contributed by atoms with Gasteiger partial charge in [-0.25, -0.2) is 0 Å². The van der Waals surface area contributed by atoms with Gasteiger partial charge in [-0.2, -0.15) is 0 Å². The zero-order valence-electron chi connectivity index (χ0n) is 18.8. The molecule has 2 aliphatic heterocycles. The predicted octanol–water partition coefficient (Wildman–Crippen LogP) is 5.89. The van der Waals surface area contributed by atoms with Crippen LogP contribution < -0.4 is 0 Å². The fourth-order valence-electron chi connectivity index (χ4n) is 4.94. The van der Waals surface area contributed by atoms with Gasteiger partial charge in [-0.15, -0.1) is 23.5 Å². The van der Waals surface area contributed by atoms with Crippen molar-refractivity contribution in [1.29, 1.82) is 0 Å². The second-order valence-corrected chi connectivity index (χ2v) is 11.9. The highest BCUT2D eigenvalue weighted by Crippen LogP contribution is 2.60. The van der Waals surface area contributed by atoms with Crippen LogP contribution in [0.25, 0.3) is 0 Å². The fourth-order valence-corrected chi connectivity index (χ4v) is 8.57. The highest BCUT2D eigenvalue weighted by Gasteiger charge is 2.60. The van der Waals surface area contributed by atoms with Crippen LogP contribution in [-0.4, -0.2) is 53.9 Å². The summed E-state index contributed by atoms with van der Waals surface area (Å²) < 4.78 is 25.6. The van der Waals surface area contributed by atoms with Crippen molar-refractivity contribution in [1.82, 2.24) is 0 Å². The minimum atomic E-state index is -0.178. The molecular formula is C25H38O4S2. The molecule has 1 aromatic carbocycles. The zero-order valence-corrected chi connectivity index (χ0v) is 20.5. The maximum Gasteiger partial charge on any atom is 0.165 e. The molecule has 6 heteroatoms. The highest BCUT2D eigenvalue weighted by atomic mass is 32.2. The Morgan fingerprint density at radius 1 is 0.968 bits per heavy atom. The summed E-state index contributed by atoms with van der Waals surface area (Å²) in [7, 11) is 0. The Bertz CT molecular complexity index is 632. The summed E-state index contributed by atoms with van der Waals surface area (Å²) in [5.74, 6) is 2.58. The number of hydrogen-bond acceptors (Lipinski definition) is 6. The second-order valence-electron chi connectivity index (χ2n) is 8.79. The van der Waals surface area contributed by atoms with E-state index in [1.165, 1.54) is 42.8 Å². The topological polar surface area (TPSA) is 36.9 Å². The Morgan fingerprint density at radius 3 is 2.45 bits per heavy atom. The summed E-state index contributed by atoms with van der Waals surface area (Å²) in [4.78, 5) is 0. The average molecular weight is 467 g/mol. The maximum absolute atomic E-state index is 6.63. The van der Waals surface area contributed by atoms with Gasteiger partial charge in [0.1, 0.15) is 0 Å². The molecule has 1 aliphatic carbocycles. The number of ether oxygens (including phenoxy) is 4. The molecule has 31 heavy (non-hydrogen) atoms. The minimum Gasteiger partial charge on any atom is -0.375 e. The van der Waals surface area contributed by atoms with Crippen molar-refractivity contribution in [2.24, 2.45) is 5.92 Å². The van der Waals surface area contributed by atoms with E-state index in [2.05, 4.69) is 60.8 Å². The molecule has 0 amide bonds. The lowest BCUT2D eigenvalue weighted by atomic mass is 10.0.